The van der Waals surface area contributed by atoms with E-state index in [4.69, 9.17) is 0 Å². The number of nitrogens with one attached hydrogen (secondary N) is 1. The molecule has 0 aromatic heterocycles. The molecule has 86 valence electrons. The first-order valence-corrected chi connectivity index (χ1v) is 6.47. The smallest absolute Gasteiger partial charge is 0.104 e. The van der Waals surface area contributed by atoms with Gasteiger partial charge in [0.2, 0.25) is 0 Å². The Morgan fingerprint density at radius 1 is 1.44 bits per heavy atom. The van der Waals surface area contributed by atoms with Crippen molar-refractivity contribution in [1.29, 1.82) is 0 Å². The highest BCUT2D eigenvalue weighted by molar-refractivity contribution is 9.10. The molecule has 0 radical (unpaired) electrons. The Morgan fingerprint density at radius 3 is 3.19 bits per heavy atom. The van der Waals surface area contributed by atoms with E-state index in [1.165, 1.54) is 5.69 Å². The molecule has 1 aromatic carbocycles. The maximum atomic E-state index is 13.3. The first kappa shape index (κ1) is 10.4. The summed E-state index contributed by atoms with van der Waals surface area (Å²) in [6.45, 7) is 1.69. The Hall–Kier alpha value is -0.770. The summed E-state index contributed by atoms with van der Waals surface area (Å²) in [5, 5.41) is 3.38. The van der Waals surface area contributed by atoms with Crippen LogP contribution in [0.25, 0.3) is 0 Å². The van der Waals surface area contributed by atoms with Crippen molar-refractivity contribution in [3.05, 3.63) is 22.7 Å². The standard InChI is InChI=1S/C12H14BrFN2/c13-8-1-2-12-11(5-8)15-7-10-6-9(14)3-4-16(10)12/h1-2,5,9-10,15H,3-4,6-7H2. The van der Waals surface area contributed by atoms with E-state index in [0.717, 1.165) is 23.2 Å². The van der Waals surface area contributed by atoms with Gasteiger partial charge in [0.1, 0.15) is 6.17 Å². The van der Waals surface area contributed by atoms with Crippen molar-refractivity contribution in [3.63, 3.8) is 0 Å². The summed E-state index contributed by atoms with van der Waals surface area (Å²) in [5.74, 6) is 0. The van der Waals surface area contributed by atoms with Gasteiger partial charge in [0.05, 0.1) is 11.4 Å². The average Bonchev–Trinajstić information content (AvgIpc) is 2.28. The quantitative estimate of drug-likeness (QED) is 0.787. The van der Waals surface area contributed by atoms with Gasteiger partial charge in [0.25, 0.3) is 0 Å². The van der Waals surface area contributed by atoms with Gasteiger partial charge in [-0.2, -0.15) is 0 Å². The summed E-state index contributed by atoms with van der Waals surface area (Å²) < 4.78 is 14.4. The van der Waals surface area contributed by atoms with Gasteiger partial charge < -0.3 is 10.2 Å². The average molecular weight is 285 g/mol. The van der Waals surface area contributed by atoms with Crippen LogP contribution in [0.2, 0.25) is 0 Å². The summed E-state index contributed by atoms with van der Waals surface area (Å²) in [4.78, 5) is 2.34. The maximum absolute atomic E-state index is 13.3. The Labute approximate surface area is 103 Å². The van der Waals surface area contributed by atoms with Crippen molar-refractivity contribution in [2.75, 3.05) is 23.3 Å². The van der Waals surface area contributed by atoms with E-state index in [-0.39, 0.29) is 0 Å². The number of anilines is 2. The number of benzene rings is 1. The van der Waals surface area contributed by atoms with Gasteiger partial charge in [-0.1, -0.05) is 15.9 Å². The lowest BCUT2D eigenvalue weighted by Gasteiger charge is -2.43. The fourth-order valence-electron chi connectivity index (χ4n) is 2.64. The van der Waals surface area contributed by atoms with Crippen LogP contribution in [0.5, 0.6) is 0 Å². The van der Waals surface area contributed by atoms with E-state index in [1.54, 1.807) is 0 Å². The van der Waals surface area contributed by atoms with Gasteiger partial charge in [-0.15, -0.1) is 0 Å². The molecule has 1 saturated heterocycles. The number of nitrogens with zero attached hydrogens (tertiary/aromatic N) is 1. The number of hydrogen-bond acceptors (Lipinski definition) is 2. The highest BCUT2D eigenvalue weighted by atomic mass is 79.9. The van der Waals surface area contributed by atoms with Crippen LogP contribution >= 0.6 is 15.9 Å². The molecule has 16 heavy (non-hydrogen) atoms. The molecule has 2 unspecified atom stereocenters. The highest BCUT2D eigenvalue weighted by Gasteiger charge is 2.32. The zero-order chi connectivity index (χ0) is 11.1. The van der Waals surface area contributed by atoms with Crippen LogP contribution < -0.4 is 10.2 Å². The van der Waals surface area contributed by atoms with E-state index in [0.29, 0.717) is 18.9 Å². The van der Waals surface area contributed by atoms with Crippen molar-refractivity contribution in [3.8, 4) is 0 Å². The van der Waals surface area contributed by atoms with Crippen molar-refractivity contribution in [2.45, 2.75) is 25.1 Å². The van der Waals surface area contributed by atoms with Gasteiger partial charge in [0.15, 0.2) is 0 Å². The summed E-state index contributed by atoms with van der Waals surface area (Å²) in [7, 11) is 0. The number of rotatable bonds is 0. The first-order chi connectivity index (χ1) is 7.74. The Kier molecular flexibility index (Phi) is 2.54. The molecule has 2 atom stereocenters. The van der Waals surface area contributed by atoms with Crippen LogP contribution in [0, 0.1) is 0 Å². The predicted molar refractivity (Wildman–Crippen MR) is 67.9 cm³/mol. The summed E-state index contributed by atoms with van der Waals surface area (Å²) in [6, 6.07) is 6.56. The van der Waals surface area contributed by atoms with Crippen LogP contribution in [0.3, 0.4) is 0 Å². The number of hydrogen-bond donors (Lipinski definition) is 1. The first-order valence-electron chi connectivity index (χ1n) is 5.68. The van der Waals surface area contributed by atoms with Crippen molar-refractivity contribution >= 4 is 27.3 Å². The van der Waals surface area contributed by atoms with Crippen LogP contribution in [0.1, 0.15) is 12.8 Å². The van der Waals surface area contributed by atoms with Gasteiger partial charge in [-0.05, 0) is 24.6 Å². The van der Waals surface area contributed by atoms with E-state index in [1.807, 2.05) is 6.07 Å². The fourth-order valence-corrected chi connectivity index (χ4v) is 3.00. The number of piperidine rings is 1. The SMILES string of the molecule is FC1CCN2c3ccc(Br)cc3NCC2C1. The molecule has 0 bridgehead atoms. The lowest BCUT2D eigenvalue weighted by atomic mass is 9.97. The van der Waals surface area contributed by atoms with E-state index in [9.17, 15) is 4.39 Å². The normalized spacial score (nSPS) is 28.0. The minimum absolute atomic E-state index is 0.317. The van der Waals surface area contributed by atoms with Crippen LogP contribution in [-0.4, -0.2) is 25.3 Å². The minimum atomic E-state index is -0.625. The number of alkyl halides is 1. The summed E-state index contributed by atoms with van der Waals surface area (Å²) >= 11 is 3.47. The van der Waals surface area contributed by atoms with Crippen LogP contribution in [0.4, 0.5) is 15.8 Å². The van der Waals surface area contributed by atoms with Crippen molar-refractivity contribution < 1.29 is 4.39 Å². The molecule has 0 spiro atoms. The Balaban J connectivity index is 1.94. The molecule has 2 nitrogen and oxygen atoms in total. The monoisotopic (exact) mass is 284 g/mol. The molecule has 2 heterocycles. The van der Waals surface area contributed by atoms with E-state index < -0.39 is 6.17 Å². The second-order valence-corrected chi connectivity index (χ2v) is 5.43. The third-order valence-corrected chi connectivity index (χ3v) is 3.94. The molecule has 2 aliphatic heterocycles. The zero-order valence-corrected chi connectivity index (χ0v) is 10.5. The predicted octanol–water partition coefficient (Wildman–Crippen LogP) is 3.18. The maximum Gasteiger partial charge on any atom is 0.104 e. The van der Waals surface area contributed by atoms with Gasteiger partial charge in [-0.3, -0.25) is 0 Å². The topological polar surface area (TPSA) is 15.3 Å². The molecule has 1 aromatic rings. The third-order valence-electron chi connectivity index (χ3n) is 3.45. The van der Waals surface area contributed by atoms with Gasteiger partial charge in [-0.25, -0.2) is 4.39 Å². The second kappa shape index (κ2) is 3.91. The van der Waals surface area contributed by atoms with Crippen molar-refractivity contribution in [2.24, 2.45) is 0 Å². The second-order valence-electron chi connectivity index (χ2n) is 4.51. The van der Waals surface area contributed by atoms with Crippen molar-refractivity contribution in [1.82, 2.24) is 0 Å². The molecule has 4 heteroatoms. The lowest BCUT2D eigenvalue weighted by molar-refractivity contribution is 0.246. The fraction of sp³-hybridized carbons (Fsp3) is 0.500. The molecule has 2 aliphatic rings. The molecule has 0 saturated carbocycles. The molecule has 1 fully saturated rings. The Morgan fingerprint density at radius 2 is 2.31 bits per heavy atom. The number of fused-ring (bicyclic) bond motifs is 3. The van der Waals surface area contributed by atoms with Crippen LogP contribution in [0.15, 0.2) is 22.7 Å². The highest BCUT2D eigenvalue weighted by Crippen LogP contribution is 2.37. The molecule has 0 aliphatic carbocycles. The molecule has 0 amide bonds. The third kappa shape index (κ3) is 1.69. The van der Waals surface area contributed by atoms with E-state index in [2.05, 4.69) is 38.3 Å². The molecule has 1 N–H and O–H groups in total. The lowest BCUT2D eigenvalue weighted by Crippen LogP contribution is -2.49. The van der Waals surface area contributed by atoms with E-state index >= 15 is 0 Å². The van der Waals surface area contributed by atoms with Gasteiger partial charge in [0, 0.05) is 30.0 Å². The van der Waals surface area contributed by atoms with Gasteiger partial charge >= 0.3 is 0 Å². The summed E-state index contributed by atoms with van der Waals surface area (Å²) in [5.41, 5.74) is 2.37. The molecule has 3 rings (SSSR count). The molecular formula is C12H14BrFN2. The van der Waals surface area contributed by atoms with Crippen LogP contribution in [-0.2, 0) is 0 Å². The largest absolute Gasteiger partial charge is 0.381 e. The molecular weight excluding hydrogens is 271 g/mol. The Bertz CT molecular complexity index is 410. The zero-order valence-electron chi connectivity index (χ0n) is 8.92. The number of halogens is 2. The minimum Gasteiger partial charge on any atom is -0.381 e. The summed E-state index contributed by atoms with van der Waals surface area (Å²) in [6.07, 6.45) is 0.689.